The molecule has 3 unspecified atom stereocenters. The monoisotopic (exact) mass is 176 g/mol. The summed E-state index contributed by atoms with van der Waals surface area (Å²) in [5.74, 6) is 2.43. The third-order valence-electron chi connectivity index (χ3n) is 3.77. The summed E-state index contributed by atoms with van der Waals surface area (Å²) in [6.07, 6.45) is 7.48. The van der Waals surface area contributed by atoms with Gasteiger partial charge in [-0.05, 0) is 43.4 Å². The Morgan fingerprint density at radius 3 is 3.38 bits per heavy atom. The van der Waals surface area contributed by atoms with E-state index in [1.54, 1.807) is 0 Å². The zero-order valence-electron chi connectivity index (χ0n) is 7.95. The molecule has 70 valence electrons. The Labute approximate surface area is 79.2 Å². The average Bonchev–Trinajstić information content (AvgIpc) is 2.61. The fourth-order valence-electron chi connectivity index (χ4n) is 3.00. The molecule has 1 aliphatic carbocycles. The molecule has 0 radical (unpaired) electrons. The minimum absolute atomic E-state index is 0.794. The molecule has 0 N–H and O–H groups in total. The van der Waals surface area contributed by atoms with Gasteiger partial charge in [0.05, 0.1) is 0 Å². The summed E-state index contributed by atoms with van der Waals surface area (Å²) in [7, 11) is 0. The molecule has 0 saturated heterocycles. The Bertz CT molecular complexity index is 267. The lowest BCUT2D eigenvalue weighted by atomic mass is 9.72. The van der Waals surface area contributed by atoms with Gasteiger partial charge in [-0.1, -0.05) is 0 Å². The first-order valence-electron chi connectivity index (χ1n) is 5.46. The lowest BCUT2D eigenvalue weighted by Gasteiger charge is -2.34. The minimum Gasteiger partial charge on any atom is -0.297 e. The van der Waals surface area contributed by atoms with Crippen LogP contribution in [0.3, 0.4) is 0 Å². The molecular weight excluding hydrogens is 160 g/mol. The van der Waals surface area contributed by atoms with Crippen LogP contribution in [0.1, 0.15) is 25.7 Å². The molecule has 2 heteroatoms. The molecule has 3 atom stereocenters. The standard InChI is InChI=1S/C11H16N2/c1-2-8-4-9-6-12-7-10(9)5-11(8)13-3-1/h6,8-10H,1-5,7H2. The first kappa shape index (κ1) is 7.72. The van der Waals surface area contributed by atoms with E-state index < -0.39 is 0 Å². The van der Waals surface area contributed by atoms with E-state index >= 15 is 0 Å². The predicted molar refractivity (Wildman–Crippen MR) is 54.6 cm³/mol. The Morgan fingerprint density at radius 1 is 1.38 bits per heavy atom. The molecule has 0 amide bonds. The van der Waals surface area contributed by atoms with Crippen LogP contribution in [-0.4, -0.2) is 25.0 Å². The zero-order valence-corrected chi connectivity index (χ0v) is 7.95. The summed E-state index contributed by atoms with van der Waals surface area (Å²) in [5, 5.41) is 0. The molecule has 2 nitrogen and oxygen atoms in total. The van der Waals surface area contributed by atoms with Crippen molar-refractivity contribution in [1.29, 1.82) is 0 Å². The Hall–Kier alpha value is -0.660. The van der Waals surface area contributed by atoms with Gasteiger partial charge in [0.2, 0.25) is 0 Å². The Morgan fingerprint density at radius 2 is 2.38 bits per heavy atom. The normalized spacial score (nSPS) is 42.5. The highest BCUT2D eigenvalue weighted by atomic mass is 14.8. The van der Waals surface area contributed by atoms with E-state index in [0.717, 1.165) is 30.8 Å². The van der Waals surface area contributed by atoms with Crippen LogP contribution in [0.15, 0.2) is 9.98 Å². The fourth-order valence-corrected chi connectivity index (χ4v) is 3.00. The second-order valence-corrected chi connectivity index (χ2v) is 4.59. The molecule has 1 fully saturated rings. The second-order valence-electron chi connectivity index (χ2n) is 4.59. The average molecular weight is 176 g/mol. The highest BCUT2D eigenvalue weighted by Gasteiger charge is 2.36. The number of fused-ring (bicyclic) bond motifs is 2. The fraction of sp³-hybridized carbons (Fsp3) is 0.818. The molecule has 0 spiro atoms. The third-order valence-corrected chi connectivity index (χ3v) is 3.77. The van der Waals surface area contributed by atoms with Gasteiger partial charge in [-0.2, -0.15) is 0 Å². The lowest BCUT2D eigenvalue weighted by Crippen LogP contribution is -2.33. The minimum atomic E-state index is 0.794. The van der Waals surface area contributed by atoms with Gasteiger partial charge in [0, 0.05) is 25.0 Å². The van der Waals surface area contributed by atoms with Crippen molar-refractivity contribution < 1.29 is 0 Å². The topological polar surface area (TPSA) is 24.7 Å². The number of rotatable bonds is 0. The molecule has 3 rings (SSSR count). The van der Waals surface area contributed by atoms with Crippen molar-refractivity contribution in [3.63, 3.8) is 0 Å². The number of nitrogens with zero attached hydrogens (tertiary/aromatic N) is 2. The van der Waals surface area contributed by atoms with Gasteiger partial charge in [-0.25, -0.2) is 0 Å². The summed E-state index contributed by atoms with van der Waals surface area (Å²) in [6.45, 7) is 2.15. The zero-order chi connectivity index (χ0) is 8.67. The molecular formula is C11H16N2. The molecule has 1 saturated carbocycles. The first-order chi connectivity index (χ1) is 6.43. The van der Waals surface area contributed by atoms with Gasteiger partial charge in [-0.3, -0.25) is 9.98 Å². The molecule has 0 aromatic heterocycles. The maximum atomic E-state index is 4.67. The highest BCUT2D eigenvalue weighted by Crippen LogP contribution is 2.37. The molecule has 2 aliphatic heterocycles. The van der Waals surface area contributed by atoms with E-state index in [1.807, 2.05) is 0 Å². The molecule has 3 aliphatic rings. The van der Waals surface area contributed by atoms with Crippen LogP contribution in [0.4, 0.5) is 0 Å². The Balaban J connectivity index is 1.83. The SMILES string of the molecule is C1=NCC2CC3=NCCCC3CC12. The van der Waals surface area contributed by atoms with Gasteiger partial charge >= 0.3 is 0 Å². The van der Waals surface area contributed by atoms with E-state index in [4.69, 9.17) is 0 Å². The molecule has 2 heterocycles. The van der Waals surface area contributed by atoms with Gasteiger partial charge in [0.1, 0.15) is 0 Å². The maximum absolute atomic E-state index is 4.67. The van der Waals surface area contributed by atoms with E-state index in [1.165, 1.54) is 31.4 Å². The van der Waals surface area contributed by atoms with Gasteiger partial charge in [0.25, 0.3) is 0 Å². The van der Waals surface area contributed by atoms with Gasteiger partial charge in [0.15, 0.2) is 0 Å². The van der Waals surface area contributed by atoms with Crippen molar-refractivity contribution in [3.8, 4) is 0 Å². The Kier molecular flexibility index (Phi) is 1.74. The molecule has 13 heavy (non-hydrogen) atoms. The lowest BCUT2D eigenvalue weighted by molar-refractivity contribution is 0.348. The first-order valence-corrected chi connectivity index (χ1v) is 5.46. The van der Waals surface area contributed by atoms with Crippen molar-refractivity contribution in [2.45, 2.75) is 25.7 Å². The molecule has 0 aromatic rings. The number of aliphatic imine (C=N–C) groups is 2. The quantitative estimate of drug-likeness (QED) is 0.539. The van der Waals surface area contributed by atoms with E-state index in [-0.39, 0.29) is 0 Å². The van der Waals surface area contributed by atoms with E-state index in [9.17, 15) is 0 Å². The summed E-state index contributed by atoms with van der Waals surface area (Å²) in [6, 6.07) is 0. The summed E-state index contributed by atoms with van der Waals surface area (Å²) >= 11 is 0. The summed E-state index contributed by atoms with van der Waals surface area (Å²) < 4.78 is 0. The summed E-state index contributed by atoms with van der Waals surface area (Å²) in [4.78, 5) is 9.08. The molecule has 0 bridgehead atoms. The van der Waals surface area contributed by atoms with E-state index in [2.05, 4.69) is 16.2 Å². The smallest absolute Gasteiger partial charge is 0.0423 e. The van der Waals surface area contributed by atoms with Crippen LogP contribution >= 0.6 is 0 Å². The molecule has 0 aromatic carbocycles. The van der Waals surface area contributed by atoms with Crippen LogP contribution in [0.5, 0.6) is 0 Å². The van der Waals surface area contributed by atoms with Crippen LogP contribution in [0.25, 0.3) is 0 Å². The van der Waals surface area contributed by atoms with Crippen molar-refractivity contribution in [3.05, 3.63) is 0 Å². The van der Waals surface area contributed by atoms with Crippen molar-refractivity contribution in [1.82, 2.24) is 0 Å². The van der Waals surface area contributed by atoms with Crippen LogP contribution in [0, 0.1) is 17.8 Å². The van der Waals surface area contributed by atoms with Crippen molar-refractivity contribution in [2.75, 3.05) is 13.1 Å². The number of hydrogen-bond acceptors (Lipinski definition) is 2. The summed E-state index contributed by atoms with van der Waals surface area (Å²) in [5.41, 5.74) is 1.53. The van der Waals surface area contributed by atoms with E-state index in [0.29, 0.717) is 0 Å². The van der Waals surface area contributed by atoms with Crippen molar-refractivity contribution in [2.24, 2.45) is 27.7 Å². The predicted octanol–water partition coefficient (Wildman–Crippen LogP) is 1.95. The second kappa shape index (κ2) is 2.93. The van der Waals surface area contributed by atoms with Crippen LogP contribution in [0.2, 0.25) is 0 Å². The van der Waals surface area contributed by atoms with Crippen LogP contribution in [-0.2, 0) is 0 Å². The highest BCUT2D eigenvalue weighted by molar-refractivity contribution is 5.89. The third kappa shape index (κ3) is 1.23. The van der Waals surface area contributed by atoms with Crippen molar-refractivity contribution >= 4 is 11.9 Å². The maximum Gasteiger partial charge on any atom is 0.0423 e. The van der Waals surface area contributed by atoms with Gasteiger partial charge in [-0.15, -0.1) is 0 Å². The number of hydrogen-bond donors (Lipinski definition) is 0. The van der Waals surface area contributed by atoms with Gasteiger partial charge < -0.3 is 0 Å². The van der Waals surface area contributed by atoms with Crippen LogP contribution < -0.4 is 0 Å². The largest absolute Gasteiger partial charge is 0.297 e.